The van der Waals surface area contributed by atoms with Gasteiger partial charge in [-0.2, -0.15) is 0 Å². The predicted molar refractivity (Wildman–Crippen MR) is 81.1 cm³/mol. The summed E-state index contributed by atoms with van der Waals surface area (Å²) in [6, 6.07) is 6.18. The lowest BCUT2D eigenvalue weighted by molar-refractivity contribution is -0.133. The molecule has 4 nitrogen and oxygen atoms in total. The molecule has 1 aliphatic rings. The van der Waals surface area contributed by atoms with Crippen molar-refractivity contribution in [3.63, 3.8) is 0 Å². The van der Waals surface area contributed by atoms with Crippen LogP contribution in [0.5, 0.6) is 5.75 Å². The highest BCUT2D eigenvalue weighted by Crippen LogP contribution is 2.39. The molecule has 20 heavy (non-hydrogen) atoms. The Labute approximate surface area is 120 Å². The number of ether oxygens (including phenoxy) is 1. The van der Waals surface area contributed by atoms with Crippen molar-refractivity contribution in [1.82, 2.24) is 0 Å². The molecule has 0 aliphatic carbocycles. The minimum absolute atomic E-state index is 0.0102. The largest absolute Gasteiger partial charge is 0.476 e. The summed E-state index contributed by atoms with van der Waals surface area (Å²) < 4.78 is 5.86. The van der Waals surface area contributed by atoms with E-state index in [1.54, 1.807) is 0 Å². The average Bonchev–Trinajstić information content (AvgIpc) is 2.37. The molecule has 110 valence electrons. The minimum atomic E-state index is -0.809. The molecule has 1 aliphatic heterocycles. The number of anilines is 1. The number of nitrogens with two attached hydrogens (primary N) is 1. The van der Waals surface area contributed by atoms with Gasteiger partial charge in [0, 0.05) is 6.04 Å². The molecule has 0 saturated heterocycles. The van der Waals surface area contributed by atoms with E-state index in [0.29, 0.717) is 6.54 Å². The lowest BCUT2D eigenvalue weighted by atomic mass is 10.00. The number of carbonyl (C=O) groups excluding carboxylic acids is 1. The summed E-state index contributed by atoms with van der Waals surface area (Å²) >= 11 is 0. The van der Waals surface area contributed by atoms with Gasteiger partial charge in [0.25, 0.3) is 5.91 Å². The Morgan fingerprint density at radius 1 is 1.35 bits per heavy atom. The Balaban J connectivity index is 2.43. The maximum Gasteiger partial charge on any atom is 0.270 e. The van der Waals surface area contributed by atoms with Crippen LogP contribution in [0.2, 0.25) is 0 Å². The average molecular weight is 276 g/mol. The van der Waals surface area contributed by atoms with Crippen LogP contribution < -0.4 is 15.4 Å². The number of hydrogen-bond acceptors (Lipinski definition) is 3. The molecule has 2 N–H and O–H groups in total. The summed E-state index contributed by atoms with van der Waals surface area (Å²) in [4.78, 5) is 14.4. The smallest absolute Gasteiger partial charge is 0.270 e. The quantitative estimate of drug-likeness (QED) is 0.919. The summed E-state index contributed by atoms with van der Waals surface area (Å²) in [5.41, 5.74) is 6.81. The number of aryl methyl sites for hydroxylation is 1. The normalized spacial score (nSPS) is 17.1. The number of hydrogen-bond donors (Lipinski definition) is 1. The first kappa shape index (κ1) is 14.9. The van der Waals surface area contributed by atoms with E-state index in [9.17, 15) is 4.79 Å². The molecular weight excluding hydrogens is 252 g/mol. The van der Waals surface area contributed by atoms with Crippen LogP contribution in [0.3, 0.4) is 0 Å². The van der Waals surface area contributed by atoms with Crippen LogP contribution in [-0.4, -0.2) is 24.1 Å². The van der Waals surface area contributed by atoms with E-state index in [1.807, 2.05) is 38.7 Å². The third-order valence-electron chi connectivity index (χ3n) is 3.57. The van der Waals surface area contributed by atoms with Crippen molar-refractivity contribution in [3.8, 4) is 5.75 Å². The van der Waals surface area contributed by atoms with Gasteiger partial charge in [-0.1, -0.05) is 6.07 Å². The predicted octanol–water partition coefficient (Wildman–Crippen LogP) is 2.49. The standard InChI is InChI=1S/C16H24N2O2/c1-11(2)18-13-10-12(6-5-9-17)7-8-14(13)20-16(3,4)15(18)19/h7-8,10-11H,5-6,9,17H2,1-4H3. The van der Waals surface area contributed by atoms with Gasteiger partial charge in [-0.05, 0) is 64.8 Å². The van der Waals surface area contributed by atoms with Crippen molar-refractivity contribution in [3.05, 3.63) is 23.8 Å². The van der Waals surface area contributed by atoms with Crippen molar-refractivity contribution in [2.75, 3.05) is 11.4 Å². The molecule has 4 heteroatoms. The SMILES string of the molecule is CC(C)N1C(=O)C(C)(C)Oc2ccc(CCCN)cc21. The Morgan fingerprint density at radius 3 is 2.65 bits per heavy atom. The summed E-state index contributed by atoms with van der Waals surface area (Å²) in [7, 11) is 0. The molecule has 0 spiro atoms. The van der Waals surface area contributed by atoms with Crippen molar-refractivity contribution in [2.45, 2.75) is 52.2 Å². The van der Waals surface area contributed by atoms with Crippen molar-refractivity contribution >= 4 is 11.6 Å². The number of benzene rings is 1. The summed E-state index contributed by atoms with van der Waals surface area (Å²) in [6.07, 6.45) is 1.87. The van der Waals surface area contributed by atoms with Crippen LogP contribution in [0.4, 0.5) is 5.69 Å². The highest BCUT2D eigenvalue weighted by molar-refractivity contribution is 6.02. The molecule has 0 fully saturated rings. The van der Waals surface area contributed by atoms with Gasteiger partial charge >= 0.3 is 0 Å². The Kier molecular flexibility index (Phi) is 4.04. The van der Waals surface area contributed by atoms with E-state index in [2.05, 4.69) is 12.1 Å². The van der Waals surface area contributed by atoms with Gasteiger partial charge < -0.3 is 15.4 Å². The number of nitrogens with zero attached hydrogens (tertiary/aromatic N) is 1. The van der Waals surface area contributed by atoms with Gasteiger partial charge in [0.05, 0.1) is 5.69 Å². The Hall–Kier alpha value is -1.55. The first-order valence-electron chi connectivity index (χ1n) is 7.22. The molecule has 0 aromatic heterocycles. The molecule has 1 amide bonds. The second-order valence-corrected chi connectivity index (χ2v) is 6.08. The minimum Gasteiger partial charge on any atom is -0.476 e. The van der Waals surface area contributed by atoms with Gasteiger partial charge in [-0.25, -0.2) is 0 Å². The maximum absolute atomic E-state index is 12.6. The molecular formula is C16H24N2O2. The van der Waals surface area contributed by atoms with E-state index >= 15 is 0 Å². The highest BCUT2D eigenvalue weighted by Gasteiger charge is 2.41. The van der Waals surface area contributed by atoms with Gasteiger partial charge in [0.15, 0.2) is 5.60 Å². The summed E-state index contributed by atoms with van der Waals surface area (Å²) in [5, 5.41) is 0. The fraction of sp³-hybridized carbons (Fsp3) is 0.562. The third kappa shape index (κ3) is 2.66. The van der Waals surface area contributed by atoms with Crippen molar-refractivity contribution in [1.29, 1.82) is 0 Å². The van der Waals surface area contributed by atoms with Gasteiger partial charge in [-0.15, -0.1) is 0 Å². The Bertz CT molecular complexity index is 509. The van der Waals surface area contributed by atoms with E-state index in [1.165, 1.54) is 5.56 Å². The van der Waals surface area contributed by atoms with Crippen LogP contribution in [0.1, 0.15) is 39.7 Å². The highest BCUT2D eigenvalue weighted by atomic mass is 16.5. The number of rotatable bonds is 4. The summed E-state index contributed by atoms with van der Waals surface area (Å²) in [6.45, 7) is 8.35. The second-order valence-electron chi connectivity index (χ2n) is 6.08. The van der Waals surface area contributed by atoms with E-state index in [-0.39, 0.29) is 11.9 Å². The molecule has 2 rings (SSSR count). The van der Waals surface area contributed by atoms with Crippen molar-refractivity contribution < 1.29 is 9.53 Å². The molecule has 1 aromatic rings. The van der Waals surface area contributed by atoms with E-state index in [0.717, 1.165) is 24.3 Å². The maximum atomic E-state index is 12.6. The van der Waals surface area contributed by atoms with Gasteiger partial charge in [0.1, 0.15) is 5.75 Å². The van der Waals surface area contributed by atoms with Crippen LogP contribution >= 0.6 is 0 Å². The zero-order valence-electron chi connectivity index (χ0n) is 12.8. The number of fused-ring (bicyclic) bond motifs is 1. The Morgan fingerprint density at radius 2 is 2.05 bits per heavy atom. The van der Waals surface area contributed by atoms with Gasteiger partial charge in [0.2, 0.25) is 0 Å². The molecule has 0 saturated carbocycles. The first-order chi connectivity index (χ1) is 9.36. The fourth-order valence-electron chi connectivity index (χ4n) is 2.53. The van der Waals surface area contributed by atoms with Crippen molar-refractivity contribution in [2.24, 2.45) is 5.73 Å². The summed E-state index contributed by atoms with van der Waals surface area (Å²) in [5.74, 6) is 0.788. The van der Waals surface area contributed by atoms with E-state index in [4.69, 9.17) is 10.5 Å². The van der Waals surface area contributed by atoms with Gasteiger partial charge in [-0.3, -0.25) is 4.79 Å². The molecule has 0 radical (unpaired) electrons. The van der Waals surface area contributed by atoms with Crippen LogP contribution in [0.25, 0.3) is 0 Å². The number of amides is 1. The molecule has 1 heterocycles. The first-order valence-corrected chi connectivity index (χ1v) is 7.22. The lowest BCUT2D eigenvalue weighted by Gasteiger charge is -2.41. The number of carbonyl (C=O) groups is 1. The zero-order chi connectivity index (χ0) is 14.9. The lowest BCUT2D eigenvalue weighted by Crippen LogP contribution is -2.54. The molecule has 1 aromatic carbocycles. The zero-order valence-corrected chi connectivity index (χ0v) is 12.8. The molecule has 0 atom stereocenters. The second kappa shape index (κ2) is 5.44. The van der Waals surface area contributed by atoms with Crippen LogP contribution in [-0.2, 0) is 11.2 Å². The van der Waals surface area contributed by atoms with E-state index < -0.39 is 5.60 Å². The van der Waals surface area contributed by atoms with Crippen LogP contribution in [0.15, 0.2) is 18.2 Å². The molecule has 0 unspecified atom stereocenters. The third-order valence-corrected chi connectivity index (χ3v) is 3.57. The van der Waals surface area contributed by atoms with Crippen LogP contribution in [0, 0.1) is 0 Å². The molecule has 0 bridgehead atoms. The monoisotopic (exact) mass is 276 g/mol. The fourth-order valence-corrected chi connectivity index (χ4v) is 2.53. The topological polar surface area (TPSA) is 55.6 Å².